The van der Waals surface area contributed by atoms with Crippen LogP contribution in [0.2, 0.25) is 0 Å². The summed E-state index contributed by atoms with van der Waals surface area (Å²) in [7, 11) is 2.00. The molecule has 1 N–H and O–H groups in total. The molecule has 0 spiro atoms. The van der Waals surface area contributed by atoms with Crippen LogP contribution in [-0.4, -0.2) is 17.9 Å². The minimum absolute atomic E-state index is 0.0876. The van der Waals surface area contributed by atoms with Crippen LogP contribution in [0.25, 0.3) is 22.4 Å². The minimum Gasteiger partial charge on any atom is -0.394 e. The van der Waals surface area contributed by atoms with Crippen molar-refractivity contribution in [1.82, 2.24) is 4.98 Å². The first-order valence-corrected chi connectivity index (χ1v) is 11.9. The molecule has 1 fully saturated rings. The molecule has 0 saturated heterocycles. The molecule has 2 aromatic carbocycles. The smallest absolute Gasteiger partial charge is 0.149 e. The molecule has 4 unspecified atom stereocenters. The summed E-state index contributed by atoms with van der Waals surface area (Å²) in [6.07, 6.45) is 4.26. The summed E-state index contributed by atoms with van der Waals surface area (Å²) in [5.41, 5.74) is 4.74. The lowest BCUT2D eigenvalue weighted by atomic mass is 9.51. The number of nitrogens with zero attached hydrogens (tertiary/aromatic N) is 1. The molecule has 1 heterocycles. The third kappa shape index (κ3) is 3.71. The van der Waals surface area contributed by atoms with Gasteiger partial charge in [-0.15, -0.1) is 0 Å². The van der Waals surface area contributed by atoms with E-state index in [0.29, 0.717) is 5.92 Å². The molecule has 0 aliphatic heterocycles. The van der Waals surface area contributed by atoms with E-state index in [1.54, 1.807) is 0 Å². The zero-order valence-corrected chi connectivity index (χ0v) is 20.4. The standard InChI is InChI=1S/C29H36BNO/c1-20-15-17-28(5,27(20,3)4)21(2)29(30,32)25-13-11-22(12-14-25)24-16-18-31-26(19-24)23-9-7-6-8-10-23/h6-14,16,18-21,32H,15,17,30H2,1-5H3. The maximum absolute atomic E-state index is 11.7. The van der Waals surface area contributed by atoms with E-state index in [2.05, 4.69) is 82.1 Å². The normalized spacial score (nSPS) is 25.2. The summed E-state index contributed by atoms with van der Waals surface area (Å²) in [6.45, 7) is 11.7. The third-order valence-corrected chi connectivity index (χ3v) is 9.23. The van der Waals surface area contributed by atoms with Crippen molar-refractivity contribution in [3.8, 4) is 22.4 Å². The van der Waals surface area contributed by atoms with Gasteiger partial charge in [-0.05, 0) is 64.3 Å². The van der Waals surface area contributed by atoms with E-state index < -0.39 is 5.50 Å². The van der Waals surface area contributed by atoms with Crippen LogP contribution in [0.1, 0.15) is 53.0 Å². The van der Waals surface area contributed by atoms with Crippen molar-refractivity contribution in [1.29, 1.82) is 0 Å². The van der Waals surface area contributed by atoms with Gasteiger partial charge in [0.25, 0.3) is 0 Å². The Hall–Kier alpha value is -2.39. The van der Waals surface area contributed by atoms with Gasteiger partial charge in [0.2, 0.25) is 0 Å². The zero-order chi connectivity index (χ0) is 23.1. The van der Waals surface area contributed by atoms with E-state index in [-0.39, 0.29) is 16.7 Å². The summed E-state index contributed by atoms with van der Waals surface area (Å²) in [6, 6.07) is 22.9. The average Bonchev–Trinajstić information content (AvgIpc) is 3.02. The Morgan fingerprint density at radius 3 is 2.22 bits per heavy atom. The van der Waals surface area contributed by atoms with E-state index in [1.807, 2.05) is 38.3 Å². The van der Waals surface area contributed by atoms with Crippen LogP contribution in [0.3, 0.4) is 0 Å². The second kappa shape index (κ2) is 8.19. The van der Waals surface area contributed by atoms with Gasteiger partial charge in [0, 0.05) is 11.8 Å². The molecule has 0 amide bonds. The van der Waals surface area contributed by atoms with Crippen LogP contribution >= 0.6 is 0 Å². The number of benzene rings is 2. The van der Waals surface area contributed by atoms with Crippen molar-refractivity contribution in [2.45, 2.75) is 53.0 Å². The topological polar surface area (TPSA) is 33.1 Å². The lowest BCUT2D eigenvalue weighted by molar-refractivity contribution is -0.0568. The van der Waals surface area contributed by atoms with E-state index in [0.717, 1.165) is 34.4 Å². The van der Waals surface area contributed by atoms with Crippen LogP contribution in [0.4, 0.5) is 0 Å². The molecule has 3 aromatic rings. The fraction of sp³-hybridized carbons (Fsp3) is 0.414. The van der Waals surface area contributed by atoms with E-state index in [1.165, 1.54) is 6.42 Å². The van der Waals surface area contributed by atoms with Crippen molar-refractivity contribution in [3.63, 3.8) is 0 Å². The second-order valence-corrected chi connectivity index (χ2v) is 10.8. The van der Waals surface area contributed by atoms with Gasteiger partial charge in [0.1, 0.15) is 7.85 Å². The summed E-state index contributed by atoms with van der Waals surface area (Å²) in [4.78, 5) is 4.55. The highest BCUT2D eigenvalue weighted by atomic mass is 16.3. The fourth-order valence-electron chi connectivity index (χ4n) is 5.78. The predicted molar refractivity (Wildman–Crippen MR) is 137 cm³/mol. The van der Waals surface area contributed by atoms with E-state index in [9.17, 15) is 5.11 Å². The molecule has 0 bridgehead atoms. The molecular weight excluding hydrogens is 389 g/mol. The van der Waals surface area contributed by atoms with Crippen molar-refractivity contribution < 1.29 is 5.11 Å². The van der Waals surface area contributed by atoms with Gasteiger partial charge < -0.3 is 5.11 Å². The fourth-order valence-corrected chi connectivity index (χ4v) is 5.78. The number of rotatable bonds is 5. The second-order valence-electron chi connectivity index (χ2n) is 10.8. The summed E-state index contributed by atoms with van der Waals surface area (Å²) >= 11 is 0. The molecule has 1 aliphatic carbocycles. The zero-order valence-electron chi connectivity index (χ0n) is 20.4. The number of hydrogen-bond acceptors (Lipinski definition) is 2. The Labute approximate surface area is 194 Å². The van der Waals surface area contributed by atoms with Crippen LogP contribution in [0, 0.1) is 22.7 Å². The predicted octanol–water partition coefficient (Wildman–Crippen LogP) is 6.29. The molecule has 3 heteroatoms. The van der Waals surface area contributed by atoms with Gasteiger partial charge in [0.05, 0.1) is 11.2 Å². The molecule has 0 radical (unpaired) electrons. The van der Waals surface area contributed by atoms with Gasteiger partial charge in [-0.1, -0.05) is 89.2 Å². The van der Waals surface area contributed by atoms with Crippen molar-refractivity contribution in [2.24, 2.45) is 22.7 Å². The van der Waals surface area contributed by atoms with Crippen molar-refractivity contribution >= 4 is 7.85 Å². The van der Waals surface area contributed by atoms with E-state index in [4.69, 9.17) is 0 Å². The molecule has 2 nitrogen and oxygen atoms in total. The largest absolute Gasteiger partial charge is 0.394 e. The lowest BCUT2D eigenvalue weighted by Crippen LogP contribution is -2.49. The summed E-state index contributed by atoms with van der Waals surface area (Å²) in [5, 5.41) is 11.7. The number of pyridine rings is 1. The summed E-state index contributed by atoms with van der Waals surface area (Å²) < 4.78 is 0. The molecule has 1 aliphatic rings. The van der Waals surface area contributed by atoms with Crippen LogP contribution in [0.5, 0.6) is 0 Å². The Balaban J connectivity index is 1.61. The number of aliphatic hydroxyl groups is 1. The number of aromatic nitrogens is 1. The van der Waals surface area contributed by atoms with Gasteiger partial charge in [-0.3, -0.25) is 4.98 Å². The maximum atomic E-state index is 11.7. The first-order valence-electron chi connectivity index (χ1n) is 11.9. The van der Waals surface area contributed by atoms with Gasteiger partial charge in [0.15, 0.2) is 0 Å². The first kappa shape index (κ1) is 22.8. The van der Waals surface area contributed by atoms with Crippen molar-refractivity contribution in [3.05, 3.63) is 78.5 Å². The highest BCUT2D eigenvalue weighted by molar-refractivity contribution is 6.14. The monoisotopic (exact) mass is 425 g/mol. The van der Waals surface area contributed by atoms with Crippen molar-refractivity contribution in [2.75, 3.05) is 0 Å². The molecule has 166 valence electrons. The molecule has 1 aromatic heterocycles. The average molecular weight is 425 g/mol. The summed E-state index contributed by atoms with van der Waals surface area (Å²) in [5.74, 6) is 0.810. The van der Waals surface area contributed by atoms with Gasteiger partial charge in [-0.2, -0.15) is 0 Å². The molecular formula is C29H36BNO. The van der Waals surface area contributed by atoms with Gasteiger partial charge in [-0.25, -0.2) is 0 Å². The maximum Gasteiger partial charge on any atom is 0.149 e. The lowest BCUT2D eigenvalue weighted by Gasteiger charge is -2.50. The first-order chi connectivity index (χ1) is 15.1. The van der Waals surface area contributed by atoms with Crippen LogP contribution in [0.15, 0.2) is 72.9 Å². The molecule has 4 atom stereocenters. The third-order valence-electron chi connectivity index (χ3n) is 9.23. The number of hydrogen-bond donors (Lipinski definition) is 1. The van der Waals surface area contributed by atoms with Crippen LogP contribution in [-0.2, 0) is 5.50 Å². The Morgan fingerprint density at radius 1 is 0.969 bits per heavy atom. The molecule has 4 rings (SSSR count). The highest BCUT2D eigenvalue weighted by Crippen LogP contribution is 2.61. The Bertz CT molecular complexity index is 1070. The quantitative estimate of drug-likeness (QED) is 0.487. The van der Waals surface area contributed by atoms with E-state index >= 15 is 0 Å². The van der Waals surface area contributed by atoms with Crippen LogP contribution < -0.4 is 0 Å². The Kier molecular flexibility index (Phi) is 5.84. The molecule has 32 heavy (non-hydrogen) atoms. The molecule has 1 saturated carbocycles. The SMILES string of the molecule is BC(O)(c1ccc(-c2ccnc(-c3ccccc3)c2)cc1)C(C)C1(C)CCC(C)C1(C)C. The minimum atomic E-state index is -0.887. The Morgan fingerprint density at radius 2 is 1.62 bits per heavy atom. The highest BCUT2D eigenvalue weighted by Gasteiger charge is 2.56. The van der Waals surface area contributed by atoms with Gasteiger partial charge >= 0.3 is 0 Å².